The van der Waals surface area contributed by atoms with E-state index < -0.39 is 35.5 Å². The molecule has 140 valence electrons. The molecule has 0 aliphatic carbocycles. The van der Waals surface area contributed by atoms with Gasteiger partial charge in [-0.2, -0.15) is 0 Å². The summed E-state index contributed by atoms with van der Waals surface area (Å²) in [7, 11) is 0. The smallest absolute Gasteiger partial charge is 0.342 e. The van der Waals surface area contributed by atoms with E-state index in [0.717, 1.165) is 6.07 Å². The van der Waals surface area contributed by atoms with Gasteiger partial charge in [0.15, 0.2) is 5.78 Å². The second-order valence-corrected chi connectivity index (χ2v) is 6.93. The van der Waals surface area contributed by atoms with E-state index in [1.54, 1.807) is 6.92 Å². The SMILES string of the molecule is C[C@@H]1C[C@@H]2O[C@@H]2C[C@H](O)/C=C/C(=O)Cc2c(Cl)c(O)cc(O)c2C(=O)O1. The molecule has 3 rings (SSSR count). The number of aliphatic hydroxyl groups is 1. The molecule has 0 unspecified atom stereocenters. The largest absolute Gasteiger partial charge is 0.507 e. The number of phenolic OH excluding ortho intramolecular Hbond substituents is 2. The van der Waals surface area contributed by atoms with Crippen molar-refractivity contribution >= 4 is 23.4 Å². The Morgan fingerprint density at radius 3 is 2.58 bits per heavy atom. The Morgan fingerprint density at radius 2 is 1.85 bits per heavy atom. The van der Waals surface area contributed by atoms with Crippen LogP contribution in [-0.2, 0) is 20.7 Å². The zero-order valence-corrected chi connectivity index (χ0v) is 14.8. The number of epoxide rings is 1. The topological polar surface area (TPSA) is 117 Å². The summed E-state index contributed by atoms with van der Waals surface area (Å²) in [6.07, 6.45) is 1.32. The molecule has 2 aliphatic heterocycles. The number of carbonyl (C=O) groups is 2. The average molecular weight is 383 g/mol. The summed E-state index contributed by atoms with van der Waals surface area (Å²) in [5.74, 6) is -2.26. The van der Waals surface area contributed by atoms with E-state index in [9.17, 15) is 24.9 Å². The summed E-state index contributed by atoms with van der Waals surface area (Å²) in [4.78, 5) is 24.7. The summed E-state index contributed by atoms with van der Waals surface area (Å²) in [5, 5.41) is 29.7. The van der Waals surface area contributed by atoms with Gasteiger partial charge in [-0.25, -0.2) is 4.79 Å². The van der Waals surface area contributed by atoms with Crippen LogP contribution >= 0.6 is 11.6 Å². The van der Waals surface area contributed by atoms with Gasteiger partial charge in [0.25, 0.3) is 0 Å². The first-order chi connectivity index (χ1) is 12.3. The lowest BCUT2D eigenvalue weighted by Crippen LogP contribution is -2.20. The van der Waals surface area contributed by atoms with Crippen LogP contribution in [0, 0.1) is 0 Å². The Bertz CT molecular complexity index is 773. The number of hydrogen-bond donors (Lipinski definition) is 3. The van der Waals surface area contributed by atoms with Crippen LogP contribution in [0.5, 0.6) is 11.5 Å². The van der Waals surface area contributed by atoms with Gasteiger partial charge in [0.1, 0.15) is 23.2 Å². The van der Waals surface area contributed by atoms with Crippen molar-refractivity contribution in [3.8, 4) is 11.5 Å². The molecule has 1 saturated heterocycles. The lowest BCUT2D eigenvalue weighted by molar-refractivity contribution is -0.114. The van der Waals surface area contributed by atoms with Crippen LogP contribution in [0.15, 0.2) is 18.2 Å². The van der Waals surface area contributed by atoms with Crippen LogP contribution in [0.25, 0.3) is 0 Å². The fraction of sp³-hybridized carbons (Fsp3) is 0.444. The number of benzene rings is 1. The van der Waals surface area contributed by atoms with Crippen LogP contribution in [0.2, 0.25) is 5.02 Å². The molecule has 1 fully saturated rings. The minimum absolute atomic E-state index is 0.0249. The molecule has 0 saturated carbocycles. The first kappa shape index (κ1) is 18.7. The molecular weight excluding hydrogens is 364 g/mol. The van der Waals surface area contributed by atoms with Crippen LogP contribution in [0.3, 0.4) is 0 Å². The Kier molecular flexibility index (Phi) is 5.22. The van der Waals surface area contributed by atoms with E-state index in [1.807, 2.05) is 0 Å². The van der Waals surface area contributed by atoms with Gasteiger partial charge < -0.3 is 24.8 Å². The van der Waals surface area contributed by atoms with Crippen LogP contribution in [0.1, 0.15) is 35.7 Å². The molecule has 7 nitrogen and oxygen atoms in total. The molecule has 1 aromatic rings. The second-order valence-electron chi connectivity index (χ2n) is 6.55. The van der Waals surface area contributed by atoms with E-state index in [1.165, 1.54) is 12.2 Å². The van der Waals surface area contributed by atoms with Crippen molar-refractivity contribution in [2.24, 2.45) is 0 Å². The van der Waals surface area contributed by atoms with Crippen molar-refractivity contribution in [2.75, 3.05) is 0 Å². The molecule has 2 heterocycles. The van der Waals surface area contributed by atoms with Crippen LogP contribution in [-0.4, -0.2) is 51.5 Å². The predicted molar refractivity (Wildman–Crippen MR) is 91.4 cm³/mol. The highest BCUT2D eigenvalue weighted by Crippen LogP contribution is 2.38. The number of halogens is 1. The summed E-state index contributed by atoms with van der Waals surface area (Å²) in [6.45, 7) is 1.68. The lowest BCUT2D eigenvalue weighted by Gasteiger charge is -2.17. The van der Waals surface area contributed by atoms with Crippen LogP contribution < -0.4 is 0 Å². The Labute approximate surface area is 154 Å². The van der Waals surface area contributed by atoms with Gasteiger partial charge in [-0.05, 0) is 13.0 Å². The van der Waals surface area contributed by atoms with Gasteiger partial charge >= 0.3 is 5.97 Å². The Balaban J connectivity index is 1.99. The minimum atomic E-state index is -0.845. The quantitative estimate of drug-likeness (QED) is 0.463. The maximum atomic E-state index is 12.5. The Hall–Kier alpha value is -2.09. The van der Waals surface area contributed by atoms with Crippen molar-refractivity contribution in [1.82, 2.24) is 0 Å². The first-order valence-corrected chi connectivity index (χ1v) is 8.63. The molecule has 4 atom stereocenters. The van der Waals surface area contributed by atoms with E-state index in [0.29, 0.717) is 12.8 Å². The number of rotatable bonds is 0. The summed E-state index contributed by atoms with van der Waals surface area (Å²) in [5.41, 5.74) is -0.282. The van der Waals surface area contributed by atoms with Crippen molar-refractivity contribution in [1.29, 1.82) is 0 Å². The van der Waals surface area contributed by atoms with E-state index in [4.69, 9.17) is 21.1 Å². The molecule has 0 radical (unpaired) electrons. The normalized spacial score (nSPS) is 30.6. The number of phenols is 2. The molecule has 0 spiro atoms. The van der Waals surface area contributed by atoms with Crippen molar-refractivity contribution in [3.05, 3.63) is 34.4 Å². The standard InChI is InChI=1S/C18H19ClO7/c1-8-4-14-15(26-14)6-10(21)3-2-9(20)5-11-16(18(24)25-8)12(22)7-13(23)17(11)19/h2-3,7-8,10,14-15,21-23H,4-6H2,1H3/b3-2+/t8-,10-,14+,15-/m1/s1. The number of fused-ring (bicyclic) bond motifs is 2. The lowest BCUT2D eigenvalue weighted by atomic mass is 9.99. The minimum Gasteiger partial charge on any atom is -0.507 e. The van der Waals surface area contributed by atoms with Crippen molar-refractivity contribution in [2.45, 2.75) is 50.6 Å². The number of esters is 1. The number of hydrogen-bond acceptors (Lipinski definition) is 7. The van der Waals surface area contributed by atoms with Gasteiger partial charge in [0, 0.05) is 30.9 Å². The average Bonchev–Trinajstić information content (AvgIpc) is 3.26. The molecule has 0 bridgehead atoms. The number of ketones is 1. The third-order valence-corrected chi connectivity index (χ3v) is 4.84. The molecule has 1 aromatic carbocycles. The third kappa shape index (κ3) is 4.00. The zero-order chi connectivity index (χ0) is 19.0. The van der Waals surface area contributed by atoms with Crippen LogP contribution in [0.4, 0.5) is 0 Å². The maximum absolute atomic E-state index is 12.5. The zero-order valence-electron chi connectivity index (χ0n) is 14.0. The van der Waals surface area contributed by atoms with E-state index >= 15 is 0 Å². The van der Waals surface area contributed by atoms with Gasteiger partial charge in [-0.1, -0.05) is 17.7 Å². The van der Waals surface area contributed by atoms with E-state index in [2.05, 4.69) is 0 Å². The number of ether oxygens (including phenoxy) is 2. The fourth-order valence-corrected chi connectivity index (χ4v) is 3.27. The highest BCUT2D eigenvalue weighted by Gasteiger charge is 2.41. The molecule has 3 N–H and O–H groups in total. The predicted octanol–water partition coefficient (Wildman–Crippen LogP) is 1.89. The Morgan fingerprint density at radius 1 is 1.15 bits per heavy atom. The molecule has 8 heteroatoms. The third-order valence-electron chi connectivity index (χ3n) is 4.41. The van der Waals surface area contributed by atoms with Gasteiger partial charge in [0.2, 0.25) is 0 Å². The van der Waals surface area contributed by atoms with Gasteiger partial charge in [-0.15, -0.1) is 0 Å². The molecule has 0 amide bonds. The van der Waals surface area contributed by atoms with Crippen molar-refractivity contribution in [3.63, 3.8) is 0 Å². The van der Waals surface area contributed by atoms with Crippen molar-refractivity contribution < 1.29 is 34.4 Å². The second kappa shape index (κ2) is 7.26. The summed E-state index contributed by atoms with van der Waals surface area (Å²) in [6, 6.07) is 0.931. The molecular formula is C18H19ClO7. The molecule has 0 aromatic heterocycles. The number of cyclic esters (lactones) is 1. The van der Waals surface area contributed by atoms with Gasteiger partial charge in [0.05, 0.1) is 23.3 Å². The molecule has 2 aliphatic rings. The maximum Gasteiger partial charge on any atom is 0.342 e. The number of allylic oxidation sites excluding steroid dienone is 1. The summed E-state index contributed by atoms with van der Waals surface area (Å²) >= 11 is 6.05. The fourth-order valence-electron chi connectivity index (χ4n) is 3.06. The molecule has 26 heavy (non-hydrogen) atoms. The first-order valence-electron chi connectivity index (χ1n) is 8.25. The summed E-state index contributed by atoms with van der Waals surface area (Å²) < 4.78 is 10.8. The number of carbonyl (C=O) groups excluding carboxylic acids is 2. The highest BCUT2D eigenvalue weighted by molar-refractivity contribution is 6.33. The van der Waals surface area contributed by atoms with Gasteiger partial charge in [-0.3, -0.25) is 4.79 Å². The van der Waals surface area contributed by atoms with E-state index in [-0.39, 0.29) is 34.8 Å². The number of aliphatic hydroxyl groups excluding tert-OH is 1. The number of aromatic hydroxyl groups is 2. The highest BCUT2D eigenvalue weighted by atomic mass is 35.5. The monoisotopic (exact) mass is 382 g/mol.